The van der Waals surface area contributed by atoms with E-state index in [0.717, 1.165) is 0 Å². The van der Waals surface area contributed by atoms with Crippen molar-refractivity contribution in [1.29, 1.82) is 0 Å². The van der Waals surface area contributed by atoms with E-state index in [1.54, 1.807) is 0 Å². The molecule has 1 aliphatic heterocycles. The van der Waals surface area contributed by atoms with Gasteiger partial charge in [0.05, 0.1) is 7.17 Å². The van der Waals surface area contributed by atoms with Crippen LogP contribution in [-0.4, -0.2) is 14.3 Å². The summed E-state index contributed by atoms with van der Waals surface area (Å²) >= 11 is 0. The van der Waals surface area contributed by atoms with Crippen LogP contribution in [0.25, 0.3) is 0 Å². The number of fused-ring (bicyclic) bond motifs is 1. The van der Waals surface area contributed by atoms with Gasteiger partial charge in [-0.3, -0.25) is 0 Å². The van der Waals surface area contributed by atoms with Crippen molar-refractivity contribution in [2.24, 2.45) is 0 Å². The van der Waals surface area contributed by atoms with E-state index in [4.69, 9.17) is 0 Å². The molecule has 1 aliphatic rings. The van der Waals surface area contributed by atoms with Gasteiger partial charge < -0.3 is 0 Å². The summed E-state index contributed by atoms with van der Waals surface area (Å²) in [5.41, 5.74) is 2.90. The quantitative estimate of drug-likeness (QED) is 0.512. The first-order valence-electron chi connectivity index (χ1n) is 4.19. The van der Waals surface area contributed by atoms with Crippen LogP contribution >= 0.6 is 0 Å². The van der Waals surface area contributed by atoms with Crippen LogP contribution in [0, 0.1) is 0 Å². The summed E-state index contributed by atoms with van der Waals surface area (Å²) in [5, 5.41) is 0. The highest BCUT2D eigenvalue weighted by molar-refractivity contribution is 7.09. The van der Waals surface area contributed by atoms with Gasteiger partial charge >= 0.3 is 0 Å². The molecule has 11 heavy (non-hydrogen) atoms. The van der Waals surface area contributed by atoms with Gasteiger partial charge in [0, 0.05) is 0 Å². The maximum absolute atomic E-state index is 2.30. The number of rotatable bonds is 1. The molecule has 2 rings (SSSR count). The molecule has 0 bridgehead atoms. The molecule has 0 fully saturated rings. The average Bonchev–Trinajstić information content (AvgIpc) is 2.47. The summed E-state index contributed by atoms with van der Waals surface area (Å²) in [6, 6.07) is 8.63. The predicted octanol–water partition coefficient (Wildman–Crippen LogP) is 1.10. The Morgan fingerprint density at radius 2 is 2.18 bits per heavy atom. The molecule has 1 aromatic carbocycles. The molecule has 1 heterocycles. The highest BCUT2D eigenvalue weighted by atomic mass is 14.1. The van der Waals surface area contributed by atoms with Crippen LogP contribution < -0.4 is 5.46 Å². The van der Waals surface area contributed by atoms with Crippen LogP contribution in [0.1, 0.15) is 24.7 Å². The van der Waals surface area contributed by atoms with Gasteiger partial charge in [0.25, 0.3) is 0 Å². The Kier molecular flexibility index (Phi) is 1.77. The third kappa shape index (κ3) is 1.11. The van der Waals surface area contributed by atoms with Gasteiger partial charge in [0.2, 0.25) is 0 Å². The van der Waals surface area contributed by atoms with Crippen LogP contribution in [0.4, 0.5) is 0 Å². The fourth-order valence-electron chi connectivity index (χ4n) is 1.68. The summed E-state index contributed by atoms with van der Waals surface area (Å²) in [4.78, 5) is 0. The zero-order chi connectivity index (χ0) is 7.68. The molecule has 2 radical (unpaired) electrons. The maximum Gasteiger partial charge on any atom is 0.108 e. The Balaban J connectivity index is 2.39. The molecule has 1 aromatic rings. The minimum atomic E-state index is 0.672. The largest absolute Gasteiger partial charge is 0.108 e. The lowest BCUT2D eigenvalue weighted by atomic mass is 9.37. The zero-order valence-corrected chi connectivity index (χ0v) is 6.75. The van der Waals surface area contributed by atoms with Crippen LogP contribution in [0.3, 0.4) is 0 Å². The zero-order valence-electron chi connectivity index (χ0n) is 6.75. The molecular formula is C9H10B2. The average molecular weight is 140 g/mol. The Labute approximate surface area is 69.5 Å². The lowest BCUT2D eigenvalue weighted by molar-refractivity contribution is 0.889. The van der Waals surface area contributed by atoms with E-state index >= 15 is 0 Å². The van der Waals surface area contributed by atoms with Crippen LogP contribution in [0.2, 0.25) is 0 Å². The molecule has 0 aliphatic carbocycles. The van der Waals surface area contributed by atoms with Gasteiger partial charge in [0.15, 0.2) is 0 Å². The lowest BCUT2D eigenvalue weighted by Gasteiger charge is -2.07. The fraction of sp³-hybridized carbons (Fsp3) is 0.333. The van der Waals surface area contributed by atoms with Crippen molar-refractivity contribution in [3.63, 3.8) is 0 Å². The summed E-state index contributed by atoms with van der Waals surface area (Å²) in [6.45, 7) is 2.23. The first kappa shape index (κ1) is 7.02. The summed E-state index contributed by atoms with van der Waals surface area (Å²) < 4.78 is 0. The van der Waals surface area contributed by atoms with Gasteiger partial charge in [-0.2, -0.15) is 0 Å². The second-order valence-electron chi connectivity index (χ2n) is 3.00. The Morgan fingerprint density at radius 3 is 3.00 bits per heavy atom. The highest BCUT2D eigenvalue weighted by Gasteiger charge is 2.20. The molecule has 1 atom stereocenters. The summed E-state index contributed by atoms with van der Waals surface area (Å²) in [7, 11) is 4.52. The topological polar surface area (TPSA) is 0 Å². The third-order valence-electron chi connectivity index (χ3n) is 2.34. The van der Waals surface area contributed by atoms with Crippen molar-refractivity contribution >= 4 is 19.8 Å². The third-order valence-corrected chi connectivity index (χ3v) is 2.34. The van der Waals surface area contributed by atoms with Gasteiger partial charge in [-0.05, 0) is 0 Å². The molecular weight excluding hydrogens is 130 g/mol. The molecule has 1 unspecified atom stereocenters. The van der Waals surface area contributed by atoms with Crippen molar-refractivity contribution in [3.05, 3.63) is 29.8 Å². The Hall–Kier alpha value is -0.650. The first-order chi connectivity index (χ1) is 5.42. The van der Waals surface area contributed by atoms with E-state index in [-0.39, 0.29) is 0 Å². The SMILES string of the molecule is CCC1[B][B]c2ccccc21. The lowest BCUT2D eigenvalue weighted by Crippen LogP contribution is -2.12. The number of hydrogen-bond donors (Lipinski definition) is 0. The van der Waals surface area contributed by atoms with Crippen molar-refractivity contribution < 1.29 is 0 Å². The fourth-order valence-corrected chi connectivity index (χ4v) is 1.68. The highest BCUT2D eigenvalue weighted by Crippen LogP contribution is 2.19. The molecule has 0 aromatic heterocycles. The maximum atomic E-state index is 2.30. The predicted molar refractivity (Wildman–Crippen MR) is 50.6 cm³/mol. The molecule has 52 valence electrons. The van der Waals surface area contributed by atoms with E-state index < -0.39 is 0 Å². The number of hydrogen-bond acceptors (Lipinski definition) is 0. The van der Waals surface area contributed by atoms with E-state index in [1.807, 2.05) is 0 Å². The molecule has 2 heteroatoms. The van der Waals surface area contributed by atoms with E-state index in [1.165, 1.54) is 17.4 Å². The minimum Gasteiger partial charge on any atom is -0.0945 e. The van der Waals surface area contributed by atoms with Crippen molar-refractivity contribution in [2.45, 2.75) is 19.2 Å². The molecule has 0 spiro atoms. The Bertz CT molecular complexity index is 257. The minimum absolute atomic E-state index is 0.672. The molecule has 0 saturated carbocycles. The van der Waals surface area contributed by atoms with Crippen molar-refractivity contribution in [1.82, 2.24) is 0 Å². The van der Waals surface area contributed by atoms with Gasteiger partial charge in [0.1, 0.15) is 7.17 Å². The molecule has 0 saturated heterocycles. The monoisotopic (exact) mass is 140 g/mol. The van der Waals surface area contributed by atoms with E-state index in [9.17, 15) is 0 Å². The Morgan fingerprint density at radius 1 is 1.36 bits per heavy atom. The van der Waals surface area contributed by atoms with E-state index in [2.05, 4.69) is 45.5 Å². The summed E-state index contributed by atoms with van der Waals surface area (Å²) in [6.07, 6.45) is 1.22. The molecule has 0 amide bonds. The van der Waals surface area contributed by atoms with E-state index in [0.29, 0.717) is 5.82 Å². The van der Waals surface area contributed by atoms with Crippen LogP contribution in [-0.2, 0) is 0 Å². The van der Waals surface area contributed by atoms with Crippen LogP contribution in [0.5, 0.6) is 0 Å². The smallest absolute Gasteiger partial charge is 0.0945 e. The van der Waals surface area contributed by atoms with Crippen molar-refractivity contribution in [3.8, 4) is 0 Å². The normalized spacial score (nSPS) is 20.3. The molecule has 0 nitrogen and oxygen atoms in total. The standard InChI is InChI=1S/C9H10B2/c1-2-8-7-5-3-4-6-9(7)11-10-8/h3-6,8H,2H2,1H3. The van der Waals surface area contributed by atoms with Gasteiger partial charge in [-0.15, -0.1) is 0 Å². The van der Waals surface area contributed by atoms with Crippen molar-refractivity contribution in [2.75, 3.05) is 0 Å². The van der Waals surface area contributed by atoms with Gasteiger partial charge in [-0.25, -0.2) is 0 Å². The number of benzene rings is 1. The second kappa shape index (κ2) is 2.77. The van der Waals surface area contributed by atoms with Gasteiger partial charge in [-0.1, -0.05) is 54.5 Å². The molecule has 0 N–H and O–H groups in total. The summed E-state index contributed by atoms with van der Waals surface area (Å²) in [5.74, 6) is 0.672. The van der Waals surface area contributed by atoms with Crippen LogP contribution in [0.15, 0.2) is 24.3 Å². The first-order valence-corrected chi connectivity index (χ1v) is 4.19. The second-order valence-corrected chi connectivity index (χ2v) is 3.00.